The first-order chi connectivity index (χ1) is 12.4. The number of anilines is 1. The number of rotatable bonds is 4. The Morgan fingerprint density at radius 2 is 2.12 bits per heavy atom. The van der Waals surface area contributed by atoms with Crippen LogP contribution >= 0.6 is 11.6 Å². The summed E-state index contributed by atoms with van der Waals surface area (Å²) in [4.78, 5) is 1.62. The average Bonchev–Trinajstić information content (AvgIpc) is 2.60. The van der Waals surface area contributed by atoms with Gasteiger partial charge in [0.05, 0.1) is 30.6 Å². The Bertz CT molecular complexity index is 784. The predicted octanol–water partition coefficient (Wildman–Crippen LogP) is 2.95. The maximum Gasteiger partial charge on any atom is 0.267 e. The third kappa shape index (κ3) is 3.72. The lowest BCUT2D eigenvalue weighted by atomic mass is 10.0. The van der Waals surface area contributed by atoms with Crippen LogP contribution in [0.4, 0.5) is 14.6 Å². The van der Waals surface area contributed by atoms with E-state index in [4.69, 9.17) is 16.3 Å². The van der Waals surface area contributed by atoms with Gasteiger partial charge in [-0.15, -0.1) is 10.2 Å². The number of nitrogens with zero attached hydrogens (tertiary/aromatic N) is 3. The van der Waals surface area contributed by atoms with Crippen molar-refractivity contribution in [3.8, 4) is 17.0 Å². The van der Waals surface area contributed by atoms with Gasteiger partial charge in [-0.1, -0.05) is 11.6 Å². The van der Waals surface area contributed by atoms with Gasteiger partial charge >= 0.3 is 0 Å². The minimum Gasteiger partial charge on any atom is -0.507 e. The van der Waals surface area contributed by atoms with Crippen molar-refractivity contribution < 1.29 is 23.7 Å². The van der Waals surface area contributed by atoms with Crippen LogP contribution in [0.5, 0.6) is 5.75 Å². The number of benzene rings is 1. The molecule has 0 aliphatic carbocycles. The molecular weight excluding hydrogens is 368 g/mol. The van der Waals surface area contributed by atoms with Crippen LogP contribution in [0.2, 0.25) is 5.02 Å². The van der Waals surface area contributed by atoms with Crippen LogP contribution in [-0.4, -0.2) is 52.8 Å². The molecule has 1 aromatic carbocycles. The fourth-order valence-electron chi connectivity index (χ4n) is 3.01. The number of aliphatic hydroxyl groups excluding tert-OH is 1. The Morgan fingerprint density at radius 3 is 2.77 bits per heavy atom. The van der Waals surface area contributed by atoms with E-state index in [2.05, 4.69) is 10.2 Å². The molecule has 1 atom stereocenters. The Kier molecular flexibility index (Phi) is 5.55. The SMILES string of the molecule is Cc1cc(Cl)cc(O)c1-c1cc(C(F)F)c(N2CCO[C@H](CO)C2)nn1. The molecule has 1 aromatic heterocycles. The van der Waals surface area contributed by atoms with Crippen molar-refractivity contribution in [3.05, 3.63) is 34.3 Å². The van der Waals surface area contributed by atoms with Gasteiger partial charge in [-0.2, -0.15) is 0 Å². The largest absolute Gasteiger partial charge is 0.507 e. The van der Waals surface area contributed by atoms with Crippen molar-refractivity contribution in [3.63, 3.8) is 0 Å². The molecule has 1 fully saturated rings. The minimum absolute atomic E-state index is 0.0524. The van der Waals surface area contributed by atoms with E-state index in [1.165, 1.54) is 12.1 Å². The predicted molar refractivity (Wildman–Crippen MR) is 92.9 cm³/mol. The highest BCUT2D eigenvalue weighted by molar-refractivity contribution is 6.31. The number of phenols is 1. The topological polar surface area (TPSA) is 78.7 Å². The van der Waals surface area contributed by atoms with Crippen LogP contribution in [0, 0.1) is 6.92 Å². The van der Waals surface area contributed by atoms with Gasteiger partial charge < -0.3 is 19.8 Å². The first kappa shape index (κ1) is 18.8. The molecule has 3 rings (SSSR count). The molecule has 2 heterocycles. The maximum absolute atomic E-state index is 13.7. The zero-order valence-corrected chi connectivity index (χ0v) is 14.7. The number of phenolic OH excluding ortho intramolecular Hbond substituents is 1. The first-order valence-corrected chi connectivity index (χ1v) is 8.41. The van der Waals surface area contributed by atoms with E-state index in [0.29, 0.717) is 29.3 Å². The Morgan fingerprint density at radius 1 is 1.35 bits per heavy atom. The molecule has 1 aliphatic rings. The fourth-order valence-corrected chi connectivity index (χ4v) is 3.28. The summed E-state index contributed by atoms with van der Waals surface area (Å²) in [6.07, 6.45) is -3.23. The molecule has 0 radical (unpaired) electrons. The third-order valence-electron chi connectivity index (χ3n) is 4.22. The summed E-state index contributed by atoms with van der Waals surface area (Å²) in [5.74, 6) is -0.0967. The summed E-state index contributed by atoms with van der Waals surface area (Å²) < 4.78 is 32.7. The maximum atomic E-state index is 13.7. The van der Waals surface area contributed by atoms with Crippen LogP contribution in [0.25, 0.3) is 11.3 Å². The standard InChI is InChI=1S/C17H18ClF2N3O3/c1-9-4-10(18)5-14(25)15(9)13-6-12(16(19)20)17(22-21-13)23-2-3-26-11(7-23)8-24/h4-6,11,16,24-25H,2-3,7-8H2,1H3/t11-/m0/s1. The lowest BCUT2D eigenvalue weighted by Crippen LogP contribution is -2.45. The average molecular weight is 386 g/mol. The lowest BCUT2D eigenvalue weighted by molar-refractivity contribution is 0.00309. The fraction of sp³-hybridized carbons (Fsp3) is 0.412. The Hall–Kier alpha value is -2.03. The molecule has 140 valence electrons. The summed E-state index contributed by atoms with van der Waals surface area (Å²) in [6, 6.07) is 4.17. The highest BCUT2D eigenvalue weighted by Crippen LogP contribution is 2.37. The second-order valence-corrected chi connectivity index (χ2v) is 6.48. The smallest absolute Gasteiger partial charge is 0.267 e. The highest BCUT2D eigenvalue weighted by atomic mass is 35.5. The van der Waals surface area contributed by atoms with Crippen molar-refractivity contribution in [2.45, 2.75) is 19.5 Å². The number of hydrogen-bond donors (Lipinski definition) is 2. The first-order valence-electron chi connectivity index (χ1n) is 8.03. The number of alkyl halides is 2. The number of aromatic hydroxyl groups is 1. The van der Waals surface area contributed by atoms with E-state index >= 15 is 0 Å². The molecule has 2 N–H and O–H groups in total. The summed E-state index contributed by atoms with van der Waals surface area (Å²) >= 11 is 5.89. The molecule has 1 aliphatic heterocycles. The number of morpholine rings is 1. The molecule has 0 unspecified atom stereocenters. The normalized spacial score (nSPS) is 17.8. The van der Waals surface area contributed by atoms with Crippen LogP contribution < -0.4 is 4.90 Å². The van der Waals surface area contributed by atoms with E-state index in [-0.39, 0.29) is 36.0 Å². The van der Waals surface area contributed by atoms with Gasteiger partial charge in [0.2, 0.25) is 0 Å². The Labute approximate surface area is 154 Å². The van der Waals surface area contributed by atoms with E-state index < -0.39 is 12.5 Å². The van der Waals surface area contributed by atoms with E-state index in [1.807, 2.05) is 0 Å². The molecule has 0 spiro atoms. The Balaban J connectivity index is 2.03. The third-order valence-corrected chi connectivity index (χ3v) is 4.43. The van der Waals surface area contributed by atoms with Gasteiger partial charge in [-0.05, 0) is 30.7 Å². The van der Waals surface area contributed by atoms with Crippen molar-refractivity contribution in [2.75, 3.05) is 31.2 Å². The summed E-state index contributed by atoms with van der Waals surface area (Å²) in [5, 5.41) is 27.7. The molecule has 2 aromatic rings. The van der Waals surface area contributed by atoms with Crippen LogP contribution in [0.3, 0.4) is 0 Å². The van der Waals surface area contributed by atoms with Gasteiger partial charge in [-0.3, -0.25) is 0 Å². The van der Waals surface area contributed by atoms with E-state index in [9.17, 15) is 19.0 Å². The van der Waals surface area contributed by atoms with Gasteiger partial charge in [-0.25, -0.2) is 8.78 Å². The van der Waals surface area contributed by atoms with Crippen molar-refractivity contribution in [2.24, 2.45) is 0 Å². The van der Waals surface area contributed by atoms with Crippen LogP contribution in [0.1, 0.15) is 17.6 Å². The molecule has 9 heteroatoms. The van der Waals surface area contributed by atoms with Crippen molar-refractivity contribution in [1.29, 1.82) is 0 Å². The zero-order valence-electron chi connectivity index (χ0n) is 14.0. The zero-order chi connectivity index (χ0) is 18.8. The minimum atomic E-state index is -2.77. The molecule has 6 nitrogen and oxygen atoms in total. The monoisotopic (exact) mass is 385 g/mol. The number of aryl methyl sites for hydroxylation is 1. The van der Waals surface area contributed by atoms with Crippen LogP contribution in [-0.2, 0) is 4.74 Å². The lowest BCUT2D eigenvalue weighted by Gasteiger charge is -2.33. The second-order valence-electron chi connectivity index (χ2n) is 6.05. The summed E-state index contributed by atoms with van der Waals surface area (Å²) in [5.41, 5.74) is 0.763. The van der Waals surface area contributed by atoms with Crippen LogP contribution in [0.15, 0.2) is 18.2 Å². The number of hydrogen-bond acceptors (Lipinski definition) is 6. The van der Waals surface area contributed by atoms with Gasteiger partial charge in [0.25, 0.3) is 6.43 Å². The molecule has 26 heavy (non-hydrogen) atoms. The number of aromatic nitrogens is 2. The molecular formula is C17H18ClF2N3O3. The van der Waals surface area contributed by atoms with Crippen molar-refractivity contribution >= 4 is 17.4 Å². The molecule has 1 saturated heterocycles. The molecule has 0 bridgehead atoms. The van der Waals surface area contributed by atoms with Crippen molar-refractivity contribution in [1.82, 2.24) is 10.2 Å². The number of aliphatic hydroxyl groups is 1. The van der Waals surface area contributed by atoms with Gasteiger partial charge in [0.15, 0.2) is 5.82 Å². The molecule has 0 amide bonds. The van der Waals surface area contributed by atoms with E-state index in [0.717, 1.165) is 0 Å². The summed E-state index contributed by atoms with van der Waals surface area (Å²) in [6.45, 7) is 2.41. The number of halogens is 3. The van der Waals surface area contributed by atoms with Gasteiger partial charge in [0, 0.05) is 23.7 Å². The summed E-state index contributed by atoms with van der Waals surface area (Å²) in [7, 11) is 0. The quantitative estimate of drug-likeness (QED) is 0.842. The second kappa shape index (κ2) is 7.69. The van der Waals surface area contributed by atoms with Gasteiger partial charge in [0.1, 0.15) is 5.75 Å². The highest BCUT2D eigenvalue weighted by Gasteiger charge is 2.27. The molecule has 0 saturated carbocycles. The van der Waals surface area contributed by atoms with E-state index in [1.54, 1.807) is 17.9 Å². The number of ether oxygens (including phenoxy) is 1.